The van der Waals surface area contributed by atoms with Crippen LogP contribution in [0.15, 0.2) is 30.3 Å². The molecule has 0 aliphatic carbocycles. The van der Waals surface area contributed by atoms with Crippen LogP contribution in [0.4, 0.5) is 5.69 Å². The highest BCUT2D eigenvalue weighted by Crippen LogP contribution is 2.49. The van der Waals surface area contributed by atoms with Gasteiger partial charge in [0, 0.05) is 44.1 Å². The highest BCUT2D eigenvalue weighted by Gasteiger charge is 2.35. The largest absolute Gasteiger partial charge is 0.496 e. The smallest absolute Gasteiger partial charge is 0.309 e. The molecule has 10 nitrogen and oxygen atoms in total. The molecule has 0 aromatic heterocycles. The number of nitrogens with zero attached hydrogens (tertiary/aromatic N) is 2. The molecule has 3 rings (SSSR count). The van der Waals surface area contributed by atoms with Gasteiger partial charge in [0.1, 0.15) is 23.4 Å². The summed E-state index contributed by atoms with van der Waals surface area (Å²) in [7, 11) is 4.41. The molecule has 1 aliphatic rings. The molecule has 1 aliphatic heterocycles. The molecule has 1 N–H and O–H groups in total. The Kier molecular flexibility index (Phi) is 12.3. The predicted molar refractivity (Wildman–Crippen MR) is 169 cm³/mol. The fraction of sp³-hybridized carbons (Fsp3) is 0.545. The van der Waals surface area contributed by atoms with Crippen molar-refractivity contribution in [1.82, 2.24) is 4.90 Å². The number of aliphatic hydroxyl groups is 1. The lowest BCUT2D eigenvalue weighted by atomic mass is 9.92. The van der Waals surface area contributed by atoms with E-state index in [4.69, 9.17) is 30.5 Å². The molecule has 1 saturated heterocycles. The number of ether oxygens (including phenoxy) is 4. The number of carbonyl (C=O) groups excluding carboxylic acids is 3. The lowest BCUT2D eigenvalue weighted by molar-refractivity contribution is -0.151. The Morgan fingerprint density at radius 2 is 1.66 bits per heavy atom. The molecule has 2 aromatic carbocycles. The fourth-order valence-corrected chi connectivity index (χ4v) is 5.74. The zero-order valence-corrected chi connectivity index (χ0v) is 27.5. The Hall–Kier alpha value is -3.50. The molecule has 0 spiro atoms. The van der Waals surface area contributed by atoms with Gasteiger partial charge in [-0.15, -0.1) is 0 Å². The number of piperidine rings is 1. The van der Waals surface area contributed by atoms with Crippen LogP contribution >= 0.6 is 11.6 Å². The molecule has 1 unspecified atom stereocenters. The normalized spacial score (nSPS) is 14.5. The number of likely N-dealkylation sites (tertiary alicyclic amines) is 1. The SMILES string of the molecule is CCOC(=O)C1CCN(C(=O)CCC(=O)N(CC(C)(C)C)c2c(OC)cc(Cl)c(OC)c2C(O)c2ccccc2OC)CC1. The summed E-state index contributed by atoms with van der Waals surface area (Å²) >= 11 is 6.61. The first-order valence-corrected chi connectivity index (χ1v) is 15.2. The summed E-state index contributed by atoms with van der Waals surface area (Å²) < 4.78 is 22.1. The molecule has 0 radical (unpaired) electrons. The molecular formula is C33H45ClN2O8. The van der Waals surface area contributed by atoms with E-state index in [9.17, 15) is 19.5 Å². The zero-order chi connectivity index (χ0) is 32.6. The number of benzene rings is 2. The number of anilines is 1. The summed E-state index contributed by atoms with van der Waals surface area (Å²) in [6, 6.07) is 8.56. The van der Waals surface area contributed by atoms with Gasteiger partial charge in [-0.3, -0.25) is 14.4 Å². The third-order valence-electron chi connectivity index (χ3n) is 7.56. The van der Waals surface area contributed by atoms with Gasteiger partial charge in [0.25, 0.3) is 0 Å². The van der Waals surface area contributed by atoms with E-state index >= 15 is 0 Å². The molecule has 44 heavy (non-hydrogen) atoms. The van der Waals surface area contributed by atoms with Crippen LogP contribution in [0.3, 0.4) is 0 Å². The third-order valence-corrected chi connectivity index (χ3v) is 7.84. The van der Waals surface area contributed by atoms with Gasteiger partial charge in [-0.1, -0.05) is 50.6 Å². The summed E-state index contributed by atoms with van der Waals surface area (Å²) in [6.07, 6.45) is -0.339. The molecule has 0 bridgehead atoms. The second-order valence-corrected chi connectivity index (χ2v) is 12.4. The van der Waals surface area contributed by atoms with E-state index in [0.29, 0.717) is 49.5 Å². The zero-order valence-electron chi connectivity index (χ0n) is 26.8. The first-order chi connectivity index (χ1) is 20.9. The minimum atomic E-state index is -1.30. The first-order valence-electron chi connectivity index (χ1n) is 14.9. The lowest BCUT2D eigenvalue weighted by Gasteiger charge is -2.35. The van der Waals surface area contributed by atoms with Crippen LogP contribution in [0.1, 0.15) is 70.6 Å². The van der Waals surface area contributed by atoms with E-state index in [0.717, 1.165) is 0 Å². The van der Waals surface area contributed by atoms with Gasteiger partial charge in [-0.25, -0.2) is 0 Å². The average Bonchev–Trinajstić information content (AvgIpc) is 3.01. The molecule has 242 valence electrons. The van der Waals surface area contributed by atoms with E-state index in [1.54, 1.807) is 47.1 Å². The van der Waals surface area contributed by atoms with Crippen LogP contribution in [-0.2, 0) is 19.1 Å². The molecule has 1 fully saturated rings. The van der Waals surface area contributed by atoms with E-state index in [1.807, 2.05) is 20.8 Å². The number of aliphatic hydroxyl groups excluding tert-OH is 1. The Morgan fingerprint density at radius 3 is 2.23 bits per heavy atom. The van der Waals surface area contributed by atoms with E-state index in [-0.39, 0.29) is 70.6 Å². The molecule has 1 atom stereocenters. The molecule has 2 aromatic rings. The van der Waals surface area contributed by atoms with Crippen molar-refractivity contribution in [2.75, 3.05) is 52.5 Å². The minimum Gasteiger partial charge on any atom is -0.496 e. The summed E-state index contributed by atoms with van der Waals surface area (Å²) in [5.74, 6) is -0.0395. The Morgan fingerprint density at radius 1 is 1.02 bits per heavy atom. The van der Waals surface area contributed by atoms with E-state index < -0.39 is 6.10 Å². The number of carbonyl (C=O) groups is 3. The van der Waals surface area contributed by atoms with Crippen molar-refractivity contribution in [3.63, 3.8) is 0 Å². The van der Waals surface area contributed by atoms with Crippen LogP contribution in [0, 0.1) is 11.3 Å². The average molecular weight is 633 g/mol. The highest BCUT2D eigenvalue weighted by atomic mass is 35.5. The van der Waals surface area contributed by atoms with Gasteiger partial charge < -0.3 is 33.9 Å². The minimum absolute atomic E-state index is 0.0129. The number of hydrogen-bond acceptors (Lipinski definition) is 8. The fourth-order valence-electron chi connectivity index (χ4n) is 5.46. The van der Waals surface area contributed by atoms with Gasteiger partial charge in [0.2, 0.25) is 11.8 Å². The summed E-state index contributed by atoms with van der Waals surface area (Å²) in [5.41, 5.74) is 0.614. The predicted octanol–water partition coefficient (Wildman–Crippen LogP) is 5.41. The number of methoxy groups -OCH3 is 3. The van der Waals surface area contributed by atoms with Gasteiger partial charge in [-0.05, 0) is 31.2 Å². The third kappa shape index (κ3) is 8.35. The molecule has 1 heterocycles. The Balaban J connectivity index is 1.98. The highest BCUT2D eigenvalue weighted by molar-refractivity contribution is 6.32. The van der Waals surface area contributed by atoms with Crippen molar-refractivity contribution in [3.8, 4) is 17.2 Å². The number of halogens is 1. The molecule has 11 heteroatoms. The molecular weight excluding hydrogens is 588 g/mol. The quantitative estimate of drug-likeness (QED) is 0.309. The number of hydrogen-bond donors (Lipinski definition) is 1. The number of esters is 1. The van der Waals surface area contributed by atoms with Gasteiger partial charge in [0.05, 0.1) is 50.1 Å². The van der Waals surface area contributed by atoms with Gasteiger partial charge in [-0.2, -0.15) is 0 Å². The number of para-hydroxylation sites is 1. The second-order valence-electron chi connectivity index (χ2n) is 11.9. The van der Waals surface area contributed by atoms with Crippen molar-refractivity contribution >= 4 is 35.1 Å². The monoisotopic (exact) mass is 632 g/mol. The van der Waals surface area contributed by atoms with Crippen molar-refractivity contribution in [3.05, 3.63) is 46.5 Å². The Bertz CT molecular complexity index is 1320. The topological polar surface area (TPSA) is 115 Å². The van der Waals surface area contributed by atoms with Crippen molar-refractivity contribution < 1.29 is 38.4 Å². The molecule has 2 amide bonds. The summed E-state index contributed by atoms with van der Waals surface area (Å²) in [6.45, 7) is 9.17. The van der Waals surface area contributed by atoms with Crippen LogP contribution in [0.5, 0.6) is 17.2 Å². The van der Waals surface area contributed by atoms with Gasteiger partial charge >= 0.3 is 5.97 Å². The first kappa shape index (κ1) is 35.0. The number of rotatable bonds is 12. The van der Waals surface area contributed by atoms with Crippen LogP contribution in [-0.4, -0.2) is 75.4 Å². The maximum absolute atomic E-state index is 14.1. The maximum atomic E-state index is 14.1. The molecule has 0 saturated carbocycles. The van der Waals surface area contributed by atoms with E-state index in [1.165, 1.54) is 21.3 Å². The van der Waals surface area contributed by atoms with Crippen LogP contribution in [0.2, 0.25) is 5.02 Å². The van der Waals surface area contributed by atoms with E-state index in [2.05, 4.69) is 0 Å². The maximum Gasteiger partial charge on any atom is 0.309 e. The van der Waals surface area contributed by atoms with Gasteiger partial charge in [0.15, 0.2) is 0 Å². The van der Waals surface area contributed by atoms with Crippen molar-refractivity contribution in [2.24, 2.45) is 11.3 Å². The number of amides is 2. The van der Waals surface area contributed by atoms with Crippen LogP contribution < -0.4 is 19.1 Å². The summed E-state index contributed by atoms with van der Waals surface area (Å²) in [5, 5.41) is 12.0. The lowest BCUT2D eigenvalue weighted by Crippen LogP contribution is -2.42. The van der Waals surface area contributed by atoms with Crippen molar-refractivity contribution in [2.45, 2.75) is 59.5 Å². The van der Waals surface area contributed by atoms with Crippen molar-refractivity contribution in [1.29, 1.82) is 0 Å². The Labute approximate surface area is 265 Å². The summed E-state index contributed by atoms with van der Waals surface area (Å²) in [4.78, 5) is 42.6. The standard InChI is InChI=1S/C33H45ClN2O8/c1-8-44-32(40)21-15-17-35(18-16-21)26(37)13-14-27(38)36(20-33(2,3)4)29-25(42-6)19-23(34)31(43-7)28(29)30(39)22-11-9-10-12-24(22)41-5/h9-12,19,21,30,39H,8,13-18,20H2,1-7H3. The van der Waals surface area contributed by atoms with Crippen LogP contribution in [0.25, 0.3) is 0 Å². The second kappa shape index (κ2) is 15.5.